The zero-order valence-electron chi connectivity index (χ0n) is 11.6. The van der Waals surface area contributed by atoms with Crippen molar-refractivity contribution >= 4 is 5.91 Å². The first kappa shape index (κ1) is 14.1. The van der Waals surface area contributed by atoms with Crippen LogP contribution in [0.15, 0.2) is 30.3 Å². The summed E-state index contributed by atoms with van der Waals surface area (Å²) in [6, 6.07) is 8.85. The van der Waals surface area contributed by atoms with Gasteiger partial charge >= 0.3 is 0 Å². The van der Waals surface area contributed by atoms with Gasteiger partial charge in [-0.05, 0) is 44.2 Å². The van der Waals surface area contributed by atoms with Crippen LogP contribution in [-0.4, -0.2) is 22.3 Å². The van der Waals surface area contributed by atoms with Gasteiger partial charge in [0.15, 0.2) is 0 Å². The number of nitrogens with two attached hydrogens (primary N) is 1. The molecule has 0 radical (unpaired) electrons. The highest BCUT2D eigenvalue weighted by Crippen LogP contribution is 2.12. The van der Waals surface area contributed by atoms with Crippen LogP contribution < -0.4 is 16.0 Å². The van der Waals surface area contributed by atoms with Crippen molar-refractivity contribution in [1.29, 1.82) is 0 Å². The second-order valence-electron chi connectivity index (χ2n) is 4.50. The molecule has 6 nitrogen and oxygen atoms in total. The lowest BCUT2D eigenvalue weighted by Gasteiger charge is -2.08. The number of hydrazine groups is 1. The minimum absolute atomic E-state index is 0.320. The molecule has 0 aliphatic heterocycles. The SMILES string of the molecule is Cc1cc(C)n(CCOc2ccc(C(=O)NN)cc2)n1. The molecule has 0 fully saturated rings. The summed E-state index contributed by atoms with van der Waals surface area (Å²) in [5.41, 5.74) is 4.69. The third-order valence-electron chi connectivity index (χ3n) is 2.92. The molecule has 2 rings (SSSR count). The van der Waals surface area contributed by atoms with Gasteiger partial charge < -0.3 is 4.74 Å². The topological polar surface area (TPSA) is 82.2 Å². The third kappa shape index (κ3) is 3.36. The highest BCUT2D eigenvalue weighted by molar-refractivity contribution is 5.93. The third-order valence-corrected chi connectivity index (χ3v) is 2.92. The maximum atomic E-state index is 11.3. The molecule has 3 N–H and O–H groups in total. The molecule has 0 saturated carbocycles. The molecule has 0 saturated heterocycles. The van der Waals surface area contributed by atoms with Crippen LogP contribution in [0.3, 0.4) is 0 Å². The Morgan fingerprint density at radius 2 is 2.05 bits per heavy atom. The highest BCUT2D eigenvalue weighted by atomic mass is 16.5. The fraction of sp³-hybridized carbons (Fsp3) is 0.286. The molecule has 1 aromatic heterocycles. The van der Waals surface area contributed by atoms with Crippen molar-refractivity contribution in [3.8, 4) is 5.75 Å². The van der Waals surface area contributed by atoms with Gasteiger partial charge in [-0.3, -0.25) is 14.9 Å². The molecule has 0 bridgehead atoms. The van der Waals surface area contributed by atoms with Gasteiger partial charge in [0.25, 0.3) is 5.91 Å². The van der Waals surface area contributed by atoms with E-state index < -0.39 is 0 Å². The first-order valence-corrected chi connectivity index (χ1v) is 6.35. The molecule has 1 aromatic carbocycles. The van der Waals surface area contributed by atoms with Crippen molar-refractivity contribution in [1.82, 2.24) is 15.2 Å². The number of benzene rings is 1. The molecule has 0 spiro atoms. The van der Waals surface area contributed by atoms with E-state index in [0.717, 1.165) is 11.4 Å². The van der Waals surface area contributed by atoms with Gasteiger partial charge in [0.2, 0.25) is 0 Å². The molecule has 0 aliphatic rings. The lowest BCUT2D eigenvalue weighted by molar-refractivity contribution is 0.0953. The number of rotatable bonds is 5. The van der Waals surface area contributed by atoms with Gasteiger partial charge in [-0.1, -0.05) is 0 Å². The van der Waals surface area contributed by atoms with E-state index in [2.05, 4.69) is 10.5 Å². The zero-order valence-corrected chi connectivity index (χ0v) is 11.6. The summed E-state index contributed by atoms with van der Waals surface area (Å²) in [6.07, 6.45) is 0. The summed E-state index contributed by atoms with van der Waals surface area (Å²) in [6.45, 7) is 5.18. The number of nitrogens with one attached hydrogen (secondary N) is 1. The van der Waals surface area contributed by atoms with E-state index in [1.807, 2.05) is 24.6 Å². The second-order valence-corrected chi connectivity index (χ2v) is 4.50. The quantitative estimate of drug-likeness (QED) is 0.487. The van der Waals surface area contributed by atoms with Gasteiger partial charge in [0, 0.05) is 11.3 Å². The molecule has 6 heteroatoms. The lowest BCUT2D eigenvalue weighted by atomic mass is 10.2. The van der Waals surface area contributed by atoms with Crippen molar-refractivity contribution < 1.29 is 9.53 Å². The van der Waals surface area contributed by atoms with Crippen LogP contribution in [0, 0.1) is 13.8 Å². The van der Waals surface area contributed by atoms with E-state index in [0.29, 0.717) is 24.5 Å². The van der Waals surface area contributed by atoms with Crippen molar-refractivity contribution in [2.24, 2.45) is 5.84 Å². The fourth-order valence-corrected chi connectivity index (χ4v) is 1.94. The molecule has 20 heavy (non-hydrogen) atoms. The zero-order chi connectivity index (χ0) is 14.5. The number of ether oxygens (including phenoxy) is 1. The Bertz CT molecular complexity index is 590. The Kier molecular flexibility index (Phi) is 4.37. The van der Waals surface area contributed by atoms with Crippen LogP contribution in [-0.2, 0) is 6.54 Å². The first-order valence-electron chi connectivity index (χ1n) is 6.35. The molecule has 1 heterocycles. The number of aryl methyl sites for hydroxylation is 2. The van der Waals surface area contributed by atoms with Crippen LogP contribution in [0.2, 0.25) is 0 Å². The second kappa shape index (κ2) is 6.21. The molecule has 1 amide bonds. The number of amides is 1. The number of aromatic nitrogens is 2. The Hall–Kier alpha value is -2.34. The van der Waals surface area contributed by atoms with E-state index >= 15 is 0 Å². The van der Waals surface area contributed by atoms with E-state index in [4.69, 9.17) is 10.6 Å². The number of hydrogen-bond acceptors (Lipinski definition) is 4. The van der Waals surface area contributed by atoms with Crippen LogP contribution in [0.1, 0.15) is 21.7 Å². The lowest BCUT2D eigenvalue weighted by Crippen LogP contribution is -2.29. The maximum Gasteiger partial charge on any atom is 0.265 e. The van der Waals surface area contributed by atoms with Crippen LogP contribution in [0.4, 0.5) is 0 Å². The predicted octanol–water partition coefficient (Wildman–Crippen LogP) is 1.18. The summed E-state index contributed by atoms with van der Waals surface area (Å²) >= 11 is 0. The number of carbonyl (C=O) groups is 1. The number of carbonyl (C=O) groups excluding carboxylic acids is 1. The van der Waals surface area contributed by atoms with Crippen molar-refractivity contribution in [2.45, 2.75) is 20.4 Å². The molecule has 0 unspecified atom stereocenters. The average molecular weight is 274 g/mol. The molecule has 106 valence electrons. The van der Waals surface area contributed by atoms with Gasteiger partial charge in [-0.2, -0.15) is 5.10 Å². The molecule has 0 atom stereocenters. The van der Waals surface area contributed by atoms with E-state index in [9.17, 15) is 4.79 Å². The Morgan fingerprint density at radius 3 is 2.60 bits per heavy atom. The smallest absolute Gasteiger partial charge is 0.265 e. The Labute approximate surface area is 117 Å². The van der Waals surface area contributed by atoms with Crippen LogP contribution in [0.5, 0.6) is 5.75 Å². The van der Waals surface area contributed by atoms with Gasteiger partial charge in [0.05, 0.1) is 12.2 Å². The minimum Gasteiger partial charge on any atom is -0.492 e. The summed E-state index contributed by atoms with van der Waals surface area (Å²) < 4.78 is 7.53. The van der Waals surface area contributed by atoms with Crippen LogP contribution >= 0.6 is 0 Å². The van der Waals surface area contributed by atoms with Crippen molar-refractivity contribution in [3.63, 3.8) is 0 Å². The molecular formula is C14H18N4O2. The van der Waals surface area contributed by atoms with Crippen LogP contribution in [0.25, 0.3) is 0 Å². The normalized spacial score (nSPS) is 10.3. The summed E-state index contributed by atoms with van der Waals surface area (Å²) in [4.78, 5) is 11.3. The maximum absolute atomic E-state index is 11.3. The fourth-order valence-electron chi connectivity index (χ4n) is 1.94. The van der Waals surface area contributed by atoms with E-state index in [-0.39, 0.29) is 5.91 Å². The van der Waals surface area contributed by atoms with Crippen molar-refractivity contribution in [2.75, 3.05) is 6.61 Å². The Morgan fingerprint density at radius 1 is 1.35 bits per heavy atom. The highest BCUT2D eigenvalue weighted by Gasteiger charge is 2.04. The molecular weight excluding hydrogens is 256 g/mol. The minimum atomic E-state index is -0.320. The monoisotopic (exact) mass is 274 g/mol. The van der Waals surface area contributed by atoms with E-state index in [1.165, 1.54) is 0 Å². The first-order chi connectivity index (χ1) is 9.60. The van der Waals surface area contributed by atoms with Gasteiger partial charge in [-0.15, -0.1) is 0 Å². The molecule has 2 aromatic rings. The summed E-state index contributed by atoms with van der Waals surface area (Å²) in [7, 11) is 0. The average Bonchev–Trinajstić information content (AvgIpc) is 2.77. The Balaban J connectivity index is 1.88. The van der Waals surface area contributed by atoms with Gasteiger partial charge in [-0.25, -0.2) is 5.84 Å². The predicted molar refractivity (Wildman–Crippen MR) is 75.3 cm³/mol. The summed E-state index contributed by atoms with van der Waals surface area (Å²) in [5.74, 6) is 5.45. The van der Waals surface area contributed by atoms with E-state index in [1.54, 1.807) is 24.3 Å². The standard InChI is InChI=1S/C14H18N4O2/c1-10-9-11(2)18(17-10)7-8-20-13-5-3-12(4-6-13)14(19)16-15/h3-6,9H,7-8,15H2,1-2H3,(H,16,19). The summed E-state index contributed by atoms with van der Waals surface area (Å²) in [5, 5.41) is 4.36. The molecule has 0 aliphatic carbocycles. The van der Waals surface area contributed by atoms with Crippen molar-refractivity contribution in [3.05, 3.63) is 47.3 Å². The largest absolute Gasteiger partial charge is 0.492 e. The number of nitrogen functional groups attached to an aromatic ring is 1. The van der Waals surface area contributed by atoms with Gasteiger partial charge in [0.1, 0.15) is 12.4 Å². The number of hydrogen-bond donors (Lipinski definition) is 2. The number of nitrogens with zero attached hydrogens (tertiary/aromatic N) is 2.